The molecule has 2 atom stereocenters. The average molecular weight is 282 g/mol. The van der Waals surface area contributed by atoms with Crippen molar-refractivity contribution in [2.45, 2.75) is 31.8 Å². The summed E-state index contributed by atoms with van der Waals surface area (Å²) in [6, 6.07) is 9.75. The third kappa shape index (κ3) is 1.64. The van der Waals surface area contributed by atoms with Crippen molar-refractivity contribution in [1.29, 1.82) is 0 Å². The van der Waals surface area contributed by atoms with E-state index < -0.39 is 0 Å². The highest BCUT2D eigenvalue weighted by Gasteiger charge is 2.45. The molecule has 3 heteroatoms. The minimum Gasteiger partial charge on any atom is -0.504 e. The summed E-state index contributed by atoms with van der Waals surface area (Å²) in [6.45, 7) is 2.77. The van der Waals surface area contributed by atoms with Gasteiger partial charge in [-0.1, -0.05) is 30.3 Å². The second kappa shape index (κ2) is 4.50. The first kappa shape index (κ1) is 12.7. The Labute approximate surface area is 123 Å². The highest BCUT2D eigenvalue weighted by Crippen LogP contribution is 2.61. The van der Waals surface area contributed by atoms with Gasteiger partial charge in [-0.15, -0.1) is 0 Å². The molecular formula is C18H18O3. The van der Waals surface area contributed by atoms with Crippen LogP contribution in [-0.4, -0.2) is 16.8 Å². The van der Waals surface area contributed by atoms with E-state index in [2.05, 4.69) is 0 Å². The number of hydrogen-bond acceptors (Lipinski definition) is 3. The fraction of sp³-hybridized carbons (Fsp3) is 0.333. The molecule has 1 fully saturated rings. The highest BCUT2D eigenvalue weighted by molar-refractivity contribution is 5.81. The van der Waals surface area contributed by atoms with Gasteiger partial charge in [0.2, 0.25) is 0 Å². The standard InChI is InChI=1S/C18H18O3/c1-10-13(11-6-3-2-4-7-11)16(19)17(20)15-14(10)12-8-5-9-21-18(12)15/h2-4,6-7,12,18-20H,5,8-9H2,1H3. The van der Waals surface area contributed by atoms with Crippen molar-refractivity contribution in [1.82, 2.24) is 0 Å². The molecule has 2 aromatic carbocycles. The van der Waals surface area contributed by atoms with Crippen molar-refractivity contribution in [3.8, 4) is 22.6 Å². The van der Waals surface area contributed by atoms with Crippen LogP contribution in [0.1, 0.15) is 41.6 Å². The predicted molar refractivity (Wildman–Crippen MR) is 80.6 cm³/mol. The molecule has 2 aliphatic rings. The van der Waals surface area contributed by atoms with Crippen LogP contribution in [0.25, 0.3) is 11.1 Å². The van der Waals surface area contributed by atoms with Crippen LogP contribution in [0.3, 0.4) is 0 Å². The molecule has 2 unspecified atom stereocenters. The Morgan fingerprint density at radius 2 is 1.81 bits per heavy atom. The van der Waals surface area contributed by atoms with Crippen LogP contribution in [0.15, 0.2) is 30.3 Å². The summed E-state index contributed by atoms with van der Waals surface area (Å²) in [5, 5.41) is 20.9. The highest BCUT2D eigenvalue weighted by atomic mass is 16.5. The minimum absolute atomic E-state index is 0.00222. The van der Waals surface area contributed by atoms with Crippen LogP contribution in [-0.2, 0) is 4.74 Å². The second-order valence-corrected chi connectivity index (χ2v) is 5.93. The molecule has 3 nitrogen and oxygen atoms in total. The Morgan fingerprint density at radius 1 is 1.05 bits per heavy atom. The molecule has 4 rings (SSSR count). The first-order valence-electron chi connectivity index (χ1n) is 7.45. The lowest BCUT2D eigenvalue weighted by molar-refractivity contribution is -0.0243. The molecule has 1 aliphatic carbocycles. The number of benzene rings is 2. The van der Waals surface area contributed by atoms with Crippen molar-refractivity contribution in [3.63, 3.8) is 0 Å². The quantitative estimate of drug-likeness (QED) is 0.777. The van der Waals surface area contributed by atoms with Gasteiger partial charge in [0.15, 0.2) is 11.5 Å². The maximum absolute atomic E-state index is 10.5. The molecule has 21 heavy (non-hydrogen) atoms. The van der Waals surface area contributed by atoms with Gasteiger partial charge >= 0.3 is 0 Å². The zero-order chi connectivity index (χ0) is 14.6. The van der Waals surface area contributed by atoms with Gasteiger partial charge in [0.25, 0.3) is 0 Å². The molecule has 2 aromatic rings. The Kier molecular flexibility index (Phi) is 2.73. The first-order chi connectivity index (χ1) is 10.2. The van der Waals surface area contributed by atoms with E-state index in [1.165, 1.54) is 5.56 Å². The lowest BCUT2D eigenvalue weighted by Crippen LogP contribution is -2.32. The predicted octanol–water partition coefficient (Wildman–Crippen LogP) is 4.02. The number of ether oxygens (including phenoxy) is 1. The van der Waals surface area contributed by atoms with Gasteiger partial charge in [-0.25, -0.2) is 0 Å². The zero-order valence-electron chi connectivity index (χ0n) is 12.0. The smallest absolute Gasteiger partial charge is 0.166 e. The van der Waals surface area contributed by atoms with E-state index in [0.717, 1.165) is 41.7 Å². The molecule has 1 aliphatic heterocycles. The van der Waals surface area contributed by atoms with Gasteiger partial charge in [0, 0.05) is 23.7 Å². The SMILES string of the molecule is Cc1c(-c2ccccc2)c(O)c(O)c2c1C1CCCOC21. The molecule has 0 amide bonds. The Balaban J connectivity index is 1.95. The lowest BCUT2D eigenvalue weighted by atomic mass is 9.67. The van der Waals surface area contributed by atoms with Crippen LogP contribution in [0, 0.1) is 6.92 Å². The second-order valence-electron chi connectivity index (χ2n) is 5.93. The summed E-state index contributed by atoms with van der Waals surface area (Å²) < 4.78 is 5.77. The minimum atomic E-state index is -0.0387. The normalized spacial score (nSPS) is 23.1. The summed E-state index contributed by atoms with van der Waals surface area (Å²) >= 11 is 0. The largest absolute Gasteiger partial charge is 0.504 e. The first-order valence-corrected chi connectivity index (χ1v) is 7.45. The molecular weight excluding hydrogens is 264 g/mol. The third-order valence-corrected chi connectivity index (χ3v) is 4.83. The maximum Gasteiger partial charge on any atom is 0.166 e. The molecule has 0 bridgehead atoms. The number of aromatic hydroxyl groups is 2. The topological polar surface area (TPSA) is 49.7 Å². The fourth-order valence-electron chi connectivity index (χ4n) is 3.88. The van der Waals surface area contributed by atoms with Crippen LogP contribution in [0.4, 0.5) is 0 Å². The Hall–Kier alpha value is -2.00. The zero-order valence-corrected chi connectivity index (χ0v) is 12.0. The van der Waals surface area contributed by atoms with E-state index >= 15 is 0 Å². The monoisotopic (exact) mass is 282 g/mol. The number of phenols is 2. The van der Waals surface area contributed by atoms with Gasteiger partial charge in [-0.3, -0.25) is 0 Å². The maximum atomic E-state index is 10.5. The molecule has 0 aromatic heterocycles. The fourth-order valence-corrected chi connectivity index (χ4v) is 3.88. The lowest BCUT2D eigenvalue weighted by Gasteiger charge is -2.44. The summed E-state index contributed by atoms with van der Waals surface area (Å²) in [6.07, 6.45) is 2.11. The van der Waals surface area contributed by atoms with E-state index in [1.807, 2.05) is 37.3 Å². The average Bonchev–Trinajstić information content (AvgIpc) is 2.48. The number of rotatable bonds is 1. The van der Waals surface area contributed by atoms with Gasteiger partial charge in [-0.05, 0) is 36.5 Å². The molecule has 0 saturated carbocycles. The van der Waals surface area contributed by atoms with Crippen molar-refractivity contribution in [2.75, 3.05) is 6.61 Å². The van der Waals surface area contributed by atoms with Crippen LogP contribution < -0.4 is 0 Å². The van der Waals surface area contributed by atoms with Crippen molar-refractivity contribution < 1.29 is 14.9 Å². The van der Waals surface area contributed by atoms with Crippen molar-refractivity contribution in [2.24, 2.45) is 0 Å². The summed E-state index contributed by atoms with van der Waals surface area (Å²) in [4.78, 5) is 0. The van der Waals surface area contributed by atoms with Crippen LogP contribution in [0.5, 0.6) is 11.5 Å². The molecule has 0 spiro atoms. The van der Waals surface area contributed by atoms with E-state index in [-0.39, 0.29) is 17.6 Å². The van der Waals surface area contributed by atoms with E-state index in [9.17, 15) is 10.2 Å². The van der Waals surface area contributed by atoms with Gasteiger partial charge in [0.1, 0.15) is 0 Å². The Bertz CT molecular complexity index is 706. The van der Waals surface area contributed by atoms with Gasteiger partial charge in [-0.2, -0.15) is 0 Å². The van der Waals surface area contributed by atoms with Gasteiger partial charge < -0.3 is 14.9 Å². The molecule has 108 valence electrons. The van der Waals surface area contributed by atoms with Crippen LogP contribution in [0.2, 0.25) is 0 Å². The van der Waals surface area contributed by atoms with E-state index in [0.29, 0.717) is 5.92 Å². The molecule has 1 saturated heterocycles. The molecule has 2 N–H and O–H groups in total. The van der Waals surface area contributed by atoms with Crippen LogP contribution >= 0.6 is 0 Å². The number of phenolic OH excluding ortho intramolecular Hbond substituents is 2. The number of hydrogen-bond donors (Lipinski definition) is 2. The third-order valence-electron chi connectivity index (χ3n) is 4.83. The summed E-state index contributed by atoms with van der Waals surface area (Å²) in [7, 11) is 0. The molecule has 0 radical (unpaired) electrons. The Morgan fingerprint density at radius 3 is 2.57 bits per heavy atom. The van der Waals surface area contributed by atoms with E-state index in [1.54, 1.807) is 0 Å². The summed E-state index contributed by atoms with van der Waals surface area (Å²) in [5.74, 6) is 0.338. The molecule has 1 heterocycles. The number of fused-ring (bicyclic) bond motifs is 4. The van der Waals surface area contributed by atoms with Gasteiger partial charge in [0.05, 0.1) is 6.10 Å². The summed E-state index contributed by atoms with van der Waals surface area (Å²) in [5.41, 5.74) is 4.73. The van der Waals surface area contributed by atoms with Crippen molar-refractivity contribution in [3.05, 3.63) is 47.0 Å². The van der Waals surface area contributed by atoms with Crippen molar-refractivity contribution >= 4 is 0 Å². The van der Waals surface area contributed by atoms with E-state index in [4.69, 9.17) is 4.74 Å².